The average Bonchev–Trinajstić information content (AvgIpc) is 2.25. The molecular formula is C12H16N2O4. The van der Waals surface area contributed by atoms with E-state index < -0.39 is 17.1 Å². The second kappa shape index (κ2) is 4.91. The molecule has 0 bridgehead atoms. The van der Waals surface area contributed by atoms with Crippen LogP contribution in [0.5, 0.6) is 5.75 Å². The lowest BCUT2D eigenvalue weighted by Crippen LogP contribution is -2.36. The van der Waals surface area contributed by atoms with E-state index in [1.54, 1.807) is 0 Å². The highest BCUT2D eigenvalue weighted by atomic mass is 16.6. The lowest BCUT2D eigenvalue weighted by molar-refractivity contribution is -0.385. The zero-order valence-electron chi connectivity index (χ0n) is 9.82. The van der Waals surface area contributed by atoms with Crippen LogP contribution in [0.2, 0.25) is 0 Å². The molecule has 1 aromatic rings. The van der Waals surface area contributed by atoms with Gasteiger partial charge in [-0.05, 0) is 30.9 Å². The minimum atomic E-state index is -0.845. The summed E-state index contributed by atoms with van der Waals surface area (Å²) < 4.78 is 0. The van der Waals surface area contributed by atoms with E-state index in [1.165, 1.54) is 18.2 Å². The highest BCUT2D eigenvalue weighted by molar-refractivity contribution is 5.47. The van der Waals surface area contributed by atoms with Gasteiger partial charge in [-0.3, -0.25) is 10.1 Å². The lowest BCUT2D eigenvalue weighted by atomic mass is 9.77. The van der Waals surface area contributed by atoms with Gasteiger partial charge in [0, 0.05) is 6.07 Å². The minimum absolute atomic E-state index is 0.0909. The monoisotopic (exact) mass is 252 g/mol. The molecule has 6 heteroatoms. The molecule has 4 N–H and O–H groups in total. The molecule has 1 aromatic carbocycles. The molecule has 0 radical (unpaired) electrons. The SMILES string of the molecule is N[C@@H](c1cc(O)ccc1[N+](=O)[O-])[C@H](O)C1CCC1. The Morgan fingerprint density at radius 1 is 1.44 bits per heavy atom. The first kappa shape index (κ1) is 12.8. The van der Waals surface area contributed by atoms with Gasteiger partial charge in [0.25, 0.3) is 5.69 Å². The van der Waals surface area contributed by atoms with E-state index in [2.05, 4.69) is 0 Å². The topological polar surface area (TPSA) is 110 Å². The van der Waals surface area contributed by atoms with Crippen molar-refractivity contribution in [1.29, 1.82) is 0 Å². The average molecular weight is 252 g/mol. The summed E-state index contributed by atoms with van der Waals surface area (Å²) in [5, 5.41) is 30.4. The Labute approximate surface area is 104 Å². The number of nitro benzene ring substituents is 1. The molecule has 0 spiro atoms. The molecule has 1 saturated carbocycles. The van der Waals surface area contributed by atoms with Crippen LogP contribution in [0.1, 0.15) is 30.9 Å². The standard InChI is InChI=1S/C12H16N2O4/c13-11(12(16)7-2-1-3-7)9-6-8(15)4-5-10(9)14(17)18/h4-7,11-12,15-16H,1-3,13H2/t11-,12+/m0/s1. The molecule has 0 heterocycles. The number of hydrogen-bond donors (Lipinski definition) is 3. The molecule has 0 saturated heterocycles. The Morgan fingerprint density at radius 3 is 2.61 bits per heavy atom. The van der Waals surface area contributed by atoms with Crippen molar-refractivity contribution in [3.63, 3.8) is 0 Å². The maximum atomic E-state index is 10.9. The molecule has 0 aliphatic heterocycles. The molecule has 1 aliphatic carbocycles. The third kappa shape index (κ3) is 2.30. The van der Waals surface area contributed by atoms with Crippen LogP contribution in [-0.4, -0.2) is 21.2 Å². The first-order chi connectivity index (χ1) is 8.50. The third-order valence-electron chi connectivity index (χ3n) is 3.57. The van der Waals surface area contributed by atoms with Crippen molar-refractivity contribution in [2.24, 2.45) is 11.7 Å². The Morgan fingerprint density at radius 2 is 2.11 bits per heavy atom. The molecule has 98 valence electrons. The van der Waals surface area contributed by atoms with Gasteiger partial charge >= 0.3 is 0 Å². The zero-order chi connectivity index (χ0) is 13.3. The molecule has 18 heavy (non-hydrogen) atoms. The van der Waals surface area contributed by atoms with Crippen LogP contribution in [0.4, 0.5) is 5.69 Å². The molecule has 0 unspecified atom stereocenters. The van der Waals surface area contributed by atoms with Crippen molar-refractivity contribution in [3.05, 3.63) is 33.9 Å². The number of aliphatic hydroxyl groups excluding tert-OH is 1. The number of nitrogens with two attached hydrogens (primary N) is 1. The highest BCUT2D eigenvalue weighted by Crippen LogP contribution is 2.37. The predicted octanol–water partition coefficient (Wildman–Crippen LogP) is 1.46. The molecule has 1 fully saturated rings. The molecule has 2 rings (SSSR count). The quantitative estimate of drug-likeness (QED) is 0.555. The Bertz CT molecular complexity index is 459. The van der Waals surface area contributed by atoms with Gasteiger partial charge in [0.1, 0.15) is 5.75 Å². The first-order valence-corrected chi connectivity index (χ1v) is 5.91. The van der Waals surface area contributed by atoms with Gasteiger partial charge in [-0.25, -0.2) is 0 Å². The number of phenolic OH excluding ortho intramolecular Hbond substituents is 1. The van der Waals surface area contributed by atoms with Gasteiger partial charge in [-0.1, -0.05) is 6.42 Å². The zero-order valence-corrected chi connectivity index (χ0v) is 9.82. The molecule has 0 aromatic heterocycles. The van der Waals surface area contributed by atoms with E-state index in [4.69, 9.17) is 5.73 Å². The summed E-state index contributed by atoms with van der Waals surface area (Å²) >= 11 is 0. The number of nitro groups is 1. The lowest BCUT2D eigenvalue weighted by Gasteiger charge is -2.33. The Hall–Kier alpha value is -1.66. The summed E-state index contributed by atoms with van der Waals surface area (Å²) in [5.41, 5.74) is 5.90. The Balaban J connectivity index is 2.29. The van der Waals surface area contributed by atoms with Crippen LogP contribution < -0.4 is 5.73 Å². The number of aromatic hydroxyl groups is 1. The van der Waals surface area contributed by atoms with Crippen LogP contribution in [0.3, 0.4) is 0 Å². The van der Waals surface area contributed by atoms with Crippen LogP contribution in [0.25, 0.3) is 0 Å². The maximum absolute atomic E-state index is 10.9. The summed E-state index contributed by atoms with van der Waals surface area (Å²) in [6.07, 6.45) is 2.03. The van der Waals surface area contributed by atoms with E-state index in [-0.39, 0.29) is 22.9 Å². The molecule has 6 nitrogen and oxygen atoms in total. The van der Waals surface area contributed by atoms with E-state index in [0.29, 0.717) is 0 Å². The summed E-state index contributed by atoms with van der Waals surface area (Å²) in [6, 6.07) is 2.86. The van der Waals surface area contributed by atoms with Crippen molar-refractivity contribution in [3.8, 4) is 5.75 Å². The number of aliphatic hydroxyl groups is 1. The van der Waals surface area contributed by atoms with Gasteiger partial charge in [-0.15, -0.1) is 0 Å². The number of benzene rings is 1. The smallest absolute Gasteiger partial charge is 0.274 e. The van der Waals surface area contributed by atoms with Crippen LogP contribution in [0.15, 0.2) is 18.2 Å². The molecule has 1 aliphatic rings. The van der Waals surface area contributed by atoms with Crippen LogP contribution in [-0.2, 0) is 0 Å². The van der Waals surface area contributed by atoms with E-state index >= 15 is 0 Å². The molecule has 0 amide bonds. The van der Waals surface area contributed by atoms with Gasteiger partial charge in [0.05, 0.1) is 22.6 Å². The normalized spacial score (nSPS) is 19.0. The number of rotatable bonds is 4. The second-order valence-electron chi connectivity index (χ2n) is 4.71. The van der Waals surface area contributed by atoms with Gasteiger partial charge < -0.3 is 15.9 Å². The fraction of sp³-hybridized carbons (Fsp3) is 0.500. The number of nitrogens with zero attached hydrogens (tertiary/aromatic N) is 1. The summed E-state index contributed by atoms with van der Waals surface area (Å²) in [5.74, 6) is 0.00816. The first-order valence-electron chi connectivity index (χ1n) is 5.91. The molecular weight excluding hydrogens is 236 g/mol. The fourth-order valence-corrected chi connectivity index (χ4v) is 2.23. The maximum Gasteiger partial charge on any atom is 0.274 e. The summed E-state index contributed by atoms with van der Waals surface area (Å²) in [4.78, 5) is 10.3. The summed E-state index contributed by atoms with van der Waals surface area (Å²) in [6.45, 7) is 0. The van der Waals surface area contributed by atoms with E-state index in [0.717, 1.165) is 19.3 Å². The number of hydrogen-bond acceptors (Lipinski definition) is 5. The van der Waals surface area contributed by atoms with Gasteiger partial charge in [0.15, 0.2) is 0 Å². The minimum Gasteiger partial charge on any atom is -0.508 e. The largest absolute Gasteiger partial charge is 0.508 e. The van der Waals surface area contributed by atoms with Crippen LogP contribution >= 0.6 is 0 Å². The van der Waals surface area contributed by atoms with E-state index in [1.807, 2.05) is 0 Å². The van der Waals surface area contributed by atoms with Crippen LogP contribution in [0, 0.1) is 16.0 Å². The third-order valence-corrected chi connectivity index (χ3v) is 3.57. The van der Waals surface area contributed by atoms with Crippen molar-refractivity contribution in [1.82, 2.24) is 0 Å². The van der Waals surface area contributed by atoms with Crippen molar-refractivity contribution >= 4 is 5.69 Å². The number of phenols is 1. The van der Waals surface area contributed by atoms with E-state index in [9.17, 15) is 20.3 Å². The van der Waals surface area contributed by atoms with Gasteiger partial charge in [-0.2, -0.15) is 0 Å². The second-order valence-corrected chi connectivity index (χ2v) is 4.71. The fourth-order valence-electron chi connectivity index (χ4n) is 2.23. The highest BCUT2D eigenvalue weighted by Gasteiger charge is 2.33. The van der Waals surface area contributed by atoms with Crippen molar-refractivity contribution in [2.45, 2.75) is 31.4 Å². The Kier molecular flexibility index (Phi) is 3.49. The predicted molar refractivity (Wildman–Crippen MR) is 65.0 cm³/mol. The van der Waals surface area contributed by atoms with Crippen molar-refractivity contribution in [2.75, 3.05) is 0 Å². The summed E-state index contributed by atoms with van der Waals surface area (Å²) in [7, 11) is 0. The van der Waals surface area contributed by atoms with Crippen molar-refractivity contribution < 1.29 is 15.1 Å². The van der Waals surface area contributed by atoms with Gasteiger partial charge in [0.2, 0.25) is 0 Å². The molecule has 2 atom stereocenters.